The molecule has 3 heterocycles. The van der Waals surface area contributed by atoms with E-state index < -0.39 is 6.10 Å². The third kappa shape index (κ3) is 5.34. The number of fused-ring (bicyclic) bond motifs is 1. The van der Waals surface area contributed by atoms with Crippen molar-refractivity contribution in [3.05, 3.63) is 76.4 Å². The highest BCUT2D eigenvalue weighted by Gasteiger charge is 2.27. The molecule has 1 amide bonds. The minimum atomic E-state index is -0.506. The average Bonchev–Trinajstić information content (AvgIpc) is 3.28. The van der Waals surface area contributed by atoms with E-state index in [1.807, 2.05) is 72.5 Å². The van der Waals surface area contributed by atoms with Crippen molar-refractivity contribution in [2.24, 2.45) is 5.92 Å². The maximum absolute atomic E-state index is 12.9. The molecule has 7 nitrogen and oxygen atoms in total. The molecule has 0 saturated carbocycles. The summed E-state index contributed by atoms with van der Waals surface area (Å²) in [5.74, 6) is 2.03. The molecule has 4 aromatic rings. The Morgan fingerprint density at radius 2 is 1.89 bits per heavy atom. The summed E-state index contributed by atoms with van der Waals surface area (Å²) >= 11 is 10.00. The Kier molecular flexibility index (Phi) is 7.43. The van der Waals surface area contributed by atoms with Crippen LogP contribution in [0.2, 0.25) is 5.02 Å². The number of nitrogens with one attached hydrogen (secondary N) is 1. The molecule has 1 unspecified atom stereocenters. The molecule has 0 aliphatic carbocycles. The van der Waals surface area contributed by atoms with Crippen molar-refractivity contribution in [1.29, 1.82) is 0 Å². The number of hydrogen-bond donors (Lipinski definition) is 1. The van der Waals surface area contributed by atoms with Crippen molar-refractivity contribution in [3.63, 3.8) is 0 Å². The maximum atomic E-state index is 12.9. The molecular formula is C27H27BrClN5O2. The zero-order valence-corrected chi connectivity index (χ0v) is 22.2. The van der Waals surface area contributed by atoms with Gasteiger partial charge in [0.25, 0.3) is 5.91 Å². The minimum Gasteiger partial charge on any atom is -0.481 e. The Morgan fingerprint density at radius 1 is 1.17 bits per heavy atom. The van der Waals surface area contributed by atoms with Crippen LogP contribution in [0.1, 0.15) is 19.8 Å². The maximum Gasteiger partial charge on any atom is 0.263 e. The summed E-state index contributed by atoms with van der Waals surface area (Å²) in [6.07, 6.45) is 3.08. The van der Waals surface area contributed by atoms with Crippen LogP contribution in [0.3, 0.4) is 0 Å². The Hall–Kier alpha value is -3.10. The van der Waals surface area contributed by atoms with Gasteiger partial charge in [0.05, 0.1) is 16.4 Å². The molecule has 1 atom stereocenters. The first-order chi connectivity index (χ1) is 17.5. The first-order valence-electron chi connectivity index (χ1n) is 12.0. The SMILES string of the molecule is CC(Oc1ccccc1)C(=O)N1CCC(CNc2cc(-c3ccccc3Cl)nc3c(Br)cnn23)CC1. The third-order valence-corrected chi connectivity index (χ3v) is 7.37. The number of halogens is 2. The second-order valence-electron chi connectivity index (χ2n) is 8.96. The standard InChI is InChI=1S/C27H27BrClN5O2/c1-18(36-20-7-3-2-4-8-20)27(35)33-13-11-19(12-14-33)16-30-25-15-24(21-9-5-6-10-23(21)29)32-26-22(28)17-31-34(25)26/h2-10,15,17-19,30H,11-14,16H2,1H3. The van der Waals surface area contributed by atoms with E-state index in [4.69, 9.17) is 21.3 Å². The molecule has 2 aromatic heterocycles. The van der Waals surface area contributed by atoms with Crippen LogP contribution in [0, 0.1) is 5.92 Å². The Balaban J connectivity index is 1.22. The van der Waals surface area contributed by atoms with Crippen molar-refractivity contribution < 1.29 is 9.53 Å². The van der Waals surface area contributed by atoms with Gasteiger partial charge in [0.15, 0.2) is 11.8 Å². The normalized spacial score (nSPS) is 15.1. The van der Waals surface area contributed by atoms with E-state index in [0.29, 0.717) is 16.7 Å². The molecule has 1 saturated heterocycles. The highest BCUT2D eigenvalue weighted by Crippen LogP contribution is 2.30. The number of ether oxygens (including phenoxy) is 1. The number of piperidine rings is 1. The molecule has 1 aliphatic heterocycles. The van der Waals surface area contributed by atoms with Crippen molar-refractivity contribution in [3.8, 4) is 17.0 Å². The molecule has 2 aromatic carbocycles. The third-order valence-electron chi connectivity index (χ3n) is 6.48. The molecule has 1 aliphatic rings. The number of likely N-dealkylation sites (tertiary alicyclic amines) is 1. The lowest BCUT2D eigenvalue weighted by molar-refractivity contribution is -0.139. The van der Waals surface area contributed by atoms with Crippen LogP contribution in [0.15, 0.2) is 71.3 Å². The van der Waals surface area contributed by atoms with Gasteiger partial charge in [-0.05, 0) is 59.8 Å². The van der Waals surface area contributed by atoms with Crippen LogP contribution >= 0.6 is 27.5 Å². The number of anilines is 1. The second-order valence-corrected chi connectivity index (χ2v) is 10.2. The molecule has 1 fully saturated rings. The van der Waals surface area contributed by atoms with E-state index in [9.17, 15) is 4.79 Å². The summed E-state index contributed by atoms with van der Waals surface area (Å²) < 4.78 is 8.44. The largest absolute Gasteiger partial charge is 0.481 e. The van der Waals surface area contributed by atoms with Crippen molar-refractivity contribution in [2.75, 3.05) is 25.0 Å². The smallest absolute Gasteiger partial charge is 0.263 e. The molecule has 5 rings (SSSR count). The van der Waals surface area contributed by atoms with Crippen LogP contribution in [0.25, 0.3) is 16.9 Å². The van der Waals surface area contributed by atoms with Gasteiger partial charge in [0.2, 0.25) is 0 Å². The van der Waals surface area contributed by atoms with Crippen LogP contribution in [-0.4, -0.2) is 51.1 Å². The lowest BCUT2D eigenvalue weighted by atomic mass is 9.96. The number of amides is 1. The molecule has 186 valence electrons. The van der Waals surface area contributed by atoms with E-state index in [-0.39, 0.29) is 5.91 Å². The monoisotopic (exact) mass is 567 g/mol. The highest BCUT2D eigenvalue weighted by atomic mass is 79.9. The van der Waals surface area contributed by atoms with Gasteiger partial charge in [0.1, 0.15) is 11.6 Å². The summed E-state index contributed by atoms with van der Waals surface area (Å²) in [6.45, 7) is 4.03. The lowest BCUT2D eigenvalue weighted by Gasteiger charge is -2.33. The minimum absolute atomic E-state index is 0.0341. The fourth-order valence-electron chi connectivity index (χ4n) is 4.49. The lowest BCUT2D eigenvalue weighted by Crippen LogP contribution is -2.45. The van der Waals surface area contributed by atoms with E-state index in [2.05, 4.69) is 26.3 Å². The average molecular weight is 569 g/mol. The Morgan fingerprint density at radius 3 is 2.64 bits per heavy atom. The quantitative estimate of drug-likeness (QED) is 0.299. The number of carbonyl (C=O) groups is 1. The predicted octanol–water partition coefficient (Wildman–Crippen LogP) is 5.93. The molecule has 9 heteroatoms. The predicted molar refractivity (Wildman–Crippen MR) is 145 cm³/mol. The van der Waals surface area contributed by atoms with E-state index in [1.54, 1.807) is 10.7 Å². The first kappa shape index (κ1) is 24.6. The summed E-state index contributed by atoms with van der Waals surface area (Å²) in [5.41, 5.74) is 2.38. The van der Waals surface area contributed by atoms with Crippen LogP contribution in [0.4, 0.5) is 5.82 Å². The zero-order chi connectivity index (χ0) is 25.1. The van der Waals surface area contributed by atoms with Gasteiger partial charge in [-0.2, -0.15) is 9.61 Å². The summed E-state index contributed by atoms with van der Waals surface area (Å²) in [6, 6.07) is 19.1. The van der Waals surface area contributed by atoms with Crippen LogP contribution < -0.4 is 10.1 Å². The number of nitrogens with zero attached hydrogens (tertiary/aromatic N) is 4. The highest BCUT2D eigenvalue weighted by molar-refractivity contribution is 9.10. The number of para-hydroxylation sites is 1. The fraction of sp³-hybridized carbons (Fsp3) is 0.296. The number of aromatic nitrogens is 3. The number of carbonyl (C=O) groups excluding carboxylic acids is 1. The van der Waals surface area contributed by atoms with E-state index in [0.717, 1.165) is 59.7 Å². The first-order valence-corrected chi connectivity index (χ1v) is 13.2. The molecule has 0 radical (unpaired) electrons. The summed E-state index contributed by atoms with van der Waals surface area (Å²) in [7, 11) is 0. The van der Waals surface area contributed by atoms with Gasteiger partial charge in [-0.15, -0.1) is 0 Å². The Bertz CT molecular complexity index is 1360. The van der Waals surface area contributed by atoms with Gasteiger partial charge >= 0.3 is 0 Å². The molecular weight excluding hydrogens is 542 g/mol. The second kappa shape index (κ2) is 10.9. The van der Waals surface area contributed by atoms with Gasteiger partial charge in [0, 0.05) is 36.3 Å². The zero-order valence-electron chi connectivity index (χ0n) is 19.9. The summed E-state index contributed by atoms with van der Waals surface area (Å²) in [5, 5.41) is 8.69. The van der Waals surface area contributed by atoms with Crippen LogP contribution in [-0.2, 0) is 4.79 Å². The van der Waals surface area contributed by atoms with Gasteiger partial charge < -0.3 is 15.0 Å². The fourth-order valence-corrected chi connectivity index (χ4v) is 5.07. The molecule has 0 spiro atoms. The molecule has 36 heavy (non-hydrogen) atoms. The number of rotatable bonds is 7. The van der Waals surface area contributed by atoms with Crippen molar-refractivity contribution in [2.45, 2.75) is 25.9 Å². The van der Waals surface area contributed by atoms with Crippen molar-refractivity contribution in [1.82, 2.24) is 19.5 Å². The number of hydrogen-bond acceptors (Lipinski definition) is 5. The molecule has 0 bridgehead atoms. The summed E-state index contributed by atoms with van der Waals surface area (Å²) in [4.78, 5) is 19.6. The van der Waals surface area contributed by atoms with Gasteiger partial charge in [-0.25, -0.2) is 4.98 Å². The molecule has 1 N–H and O–H groups in total. The van der Waals surface area contributed by atoms with Crippen LogP contribution in [0.5, 0.6) is 5.75 Å². The van der Waals surface area contributed by atoms with E-state index in [1.165, 1.54) is 0 Å². The number of benzene rings is 2. The van der Waals surface area contributed by atoms with E-state index >= 15 is 0 Å². The Labute approximate surface area is 223 Å². The van der Waals surface area contributed by atoms with Gasteiger partial charge in [-0.3, -0.25) is 4.79 Å². The van der Waals surface area contributed by atoms with Gasteiger partial charge in [-0.1, -0.05) is 48.0 Å². The van der Waals surface area contributed by atoms with Crippen molar-refractivity contribution >= 4 is 44.9 Å². The topological polar surface area (TPSA) is 71.8 Å².